The Bertz CT molecular complexity index is 454. The van der Waals surface area contributed by atoms with E-state index in [1.54, 1.807) is 18.4 Å². The summed E-state index contributed by atoms with van der Waals surface area (Å²) in [6.07, 6.45) is 0.144. The number of hydrogen-bond donors (Lipinski definition) is 2. The molecule has 1 heterocycles. The monoisotopic (exact) mass is 439 g/mol. The molecule has 1 atom stereocenters. The number of guanidine groups is 1. The van der Waals surface area contributed by atoms with Crippen LogP contribution in [0.1, 0.15) is 37.4 Å². The number of rotatable bonds is 6. The number of hydrogen-bond acceptors (Lipinski definition) is 3. The van der Waals surface area contributed by atoms with Gasteiger partial charge in [0.25, 0.3) is 0 Å². The highest BCUT2D eigenvalue weighted by molar-refractivity contribution is 14.0. The summed E-state index contributed by atoms with van der Waals surface area (Å²) < 4.78 is 5.57. The largest absolute Gasteiger partial charge is 0.379 e. The van der Waals surface area contributed by atoms with Gasteiger partial charge in [0.1, 0.15) is 0 Å². The van der Waals surface area contributed by atoms with E-state index in [1.165, 1.54) is 9.75 Å². The molecule has 1 aromatic heterocycles. The van der Waals surface area contributed by atoms with Crippen LogP contribution in [0.15, 0.2) is 17.1 Å². The lowest BCUT2D eigenvalue weighted by Crippen LogP contribution is -2.45. The van der Waals surface area contributed by atoms with E-state index in [-0.39, 0.29) is 35.5 Å². The molecule has 22 heavy (non-hydrogen) atoms. The molecule has 1 rings (SSSR count). The molecule has 0 aromatic carbocycles. The summed E-state index contributed by atoms with van der Waals surface area (Å²) in [5, 5.41) is 6.65. The van der Waals surface area contributed by atoms with E-state index in [0.717, 1.165) is 19.0 Å². The predicted molar refractivity (Wildman–Crippen MR) is 108 cm³/mol. The molecule has 128 valence electrons. The summed E-state index contributed by atoms with van der Waals surface area (Å²) in [5.41, 5.74) is 0.101. The molecule has 4 nitrogen and oxygen atoms in total. The van der Waals surface area contributed by atoms with Crippen molar-refractivity contribution in [1.82, 2.24) is 10.6 Å². The third-order valence-corrected chi connectivity index (χ3v) is 4.22. The predicted octanol–water partition coefficient (Wildman–Crippen LogP) is 3.79. The van der Waals surface area contributed by atoms with E-state index < -0.39 is 0 Å². The molecule has 1 unspecified atom stereocenters. The molecule has 0 aliphatic rings. The van der Waals surface area contributed by atoms with Crippen LogP contribution in [0.3, 0.4) is 0 Å². The standard InChI is InChI=1S/C16H29N3OS.HI/c1-7-17-15(18-10-13-9-8-12(2)21-13)19-11-14(20-6)16(3,4)5;/h8-9,14H,7,10-11H2,1-6H3,(H2,17,18,19);1H. The highest BCUT2D eigenvalue weighted by Crippen LogP contribution is 2.21. The number of aryl methyl sites for hydroxylation is 1. The molecular formula is C16H30IN3OS. The number of thiophene rings is 1. The van der Waals surface area contributed by atoms with Crippen LogP contribution in [0.2, 0.25) is 0 Å². The Morgan fingerprint density at radius 2 is 2.00 bits per heavy atom. The van der Waals surface area contributed by atoms with Crippen LogP contribution in [0.5, 0.6) is 0 Å². The molecule has 2 N–H and O–H groups in total. The summed E-state index contributed by atoms with van der Waals surface area (Å²) >= 11 is 1.79. The van der Waals surface area contributed by atoms with Gasteiger partial charge in [0.15, 0.2) is 5.96 Å². The molecule has 6 heteroatoms. The SMILES string of the molecule is CCNC(=NCc1ccc(C)s1)NCC(OC)C(C)(C)C.I. The molecule has 0 spiro atoms. The normalized spacial score (nSPS) is 13.5. The molecule has 0 fully saturated rings. The van der Waals surface area contributed by atoms with Crippen LogP contribution >= 0.6 is 35.3 Å². The molecular weight excluding hydrogens is 409 g/mol. The molecule has 0 radical (unpaired) electrons. The van der Waals surface area contributed by atoms with Crippen LogP contribution in [0.25, 0.3) is 0 Å². The van der Waals surface area contributed by atoms with Crippen molar-refractivity contribution in [1.29, 1.82) is 0 Å². The second-order valence-electron chi connectivity index (χ2n) is 6.18. The Hall–Kier alpha value is -0.340. The van der Waals surface area contributed by atoms with E-state index >= 15 is 0 Å². The zero-order valence-corrected chi connectivity index (χ0v) is 17.7. The lowest BCUT2D eigenvalue weighted by molar-refractivity contribution is 0.0205. The molecule has 0 bridgehead atoms. The van der Waals surface area contributed by atoms with Gasteiger partial charge >= 0.3 is 0 Å². The average Bonchev–Trinajstić information content (AvgIpc) is 2.80. The van der Waals surface area contributed by atoms with Crippen LogP contribution < -0.4 is 10.6 Å². The van der Waals surface area contributed by atoms with Crippen molar-refractivity contribution in [3.63, 3.8) is 0 Å². The van der Waals surface area contributed by atoms with E-state index in [1.807, 2.05) is 0 Å². The zero-order chi connectivity index (χ0) is 15.9. The van der Waals surface area contributed by atoms with Crippen molar-refractivity contribution >= 4 is 41.3 Å². The molecule has 0 aliphatic heterocycles. The number of ether oxygens (including phenoxy) is 1. The lowest BCUT2D eigenvalue weighted by atomic mass is 9.89. The van der Waals surface area contributed by atoms with Crippen molar-refractivity contribution in [2.75, 3.05) is 20.2 Å². The Morgan fingerprint density at radius 1 is 1.32 bits per heavy atom. The number of aliphatic imine (C=N–C) groups is 1. The van der Waals surface area contributed by atoms with E-state index in [4.69, 9.17) is 4.74 Å². The Kier molecular flexibility index (Phi) is 10.3. The first-order chi connectivity index (χ1) is 9.86. The van der Waals surface area contributed by atoms with Gasteiger partial charge in [-0.1, -0.05) is 20.8 Å². The minimum atomic E-state index is 0. The summed E-state index contributed by atoms with van der Waals surface area (Å²) in [5.74, 6) is 0.842. The maximum absolute atomic E-state index is 5.57. The maximum Gasteiger partial charge on any atom is 0.191 e. The van der Waals surface area contributed by atoms with E-state index in [2.05, 4.69) is 62.4 Å². The fourth-order valence-electron chi connectivity index (χ4n) is 2.00. The maximum atomic E-state index is 5.57. The average molecular weight is 439 g/mol. The third-order valence-electron chi connectivity index (χ3n) is 3.24. The van der Waals surface area contributed by atoms with Crippen molar-refractivity contribution in [3.8, 4) is 0 Å². The molecule has 0 saturated carbocycles. The Labute approximate surface area is 156 Å². The van der Waals surface area contributed by atoms with Crippen molar-refractivity contribution < 1.29 is 4.74 Å². The van der Waals surface area contributed by atoms with Gasteiger partial charge in [0.2, 0.25) is 0 Å². The summed E-state index contributed by atoms with van der Waals surface area (Å²) in [4.78, 5) is 7.24. The summed E-state index contributed by atoms with van der Waals surface area (Å²) in [6.45, 7) is 13.0. The number of halogens is 1. The number of methoxy groups -OCH3 is 1. The smallest absolute Gasteiger partial charge is 0.191 e. The lowest BCUT2D eigenvalue weighted by Gasteiger charge is -2.30. The van der Waals surface area contributed by atoms with Crippen molar-refractivity contribution in [2.45, 2.75) is 47.3 Å². The van der Waals surface area contributed by atoms with Crippen LogP contribution in [0.4, 0.5) is 0 Å². The molecule has 1 aromatic rings. The van der Waals surface area contributed by atoms with Gasteiger partial charge in [0, 0.05) is 30.0 Å². The second-order valence-corrected chi connectivity index (χ2v) is 7.55. The fourth-order valence-corrected chi connectivity index (χ4v) is 2.82. The van der Waals surface area contributed by atoms with Crippen LogP contribution in [0, 0.1) is 12.3 Å². The molecule has 0 amide bonds. The topological polar surface area (TPSA) is 45.7 Å². The first-order valence-corrected chi connectivity index (χ1v) is 8.28. The van der Waals surface area contributed by atoms with Crippen LogP contribution in [-0.4, -0.2) is 32.3 Å². The molecule has 0 saturated heterocycles. The third kappa shape index (κ3) is 7.78. The Balaban J connectivity index is 0.00000441. The second kappa shape index (κ2) is 10.4. The van der Waals surface area contributed by atoms with Gasteiger partial charge in [0.05, 0.1) is 12.6 Å². The van der Waals surface area contributed by atoms with Gasteiger partial charge in [-0.25, -0.2) is 4.99 Å². The highest BCUT2D eigenvalue weighted by Gasteiger charge is 2.24. The van der Waals surface area contributed by atoms with Gasteiger partial charge < -0.3 is 15.4 Å². The minimum Gasteiger partial charge on any atom is -0.379 e. The van der Waals surface area contributed by atoms with Gasteiger partial charge in [-0.2, -0.15) is 0 Å². The van der Waals surface area contributed by atoms with Gasteiger partial charge in [-0.3, -0.25) is 0 Å². The Morgan fingerprint density at radius 3 is 2.45 bits per heavy atom. The van der Waals surface area contributed by atoms with Crippen molar-refractivity contribution in [2.24, 2.45) is 10.4 Å². The summed E-state index contributed by atoms with van der Waals surface area (Å²) in [6, 6.07) is 4.27. The van der Waals surface area contributed by atoms with Crippen molar-refractivity contribution in [3.05, 3.63) is 21.9 Å². The van der Waals surface area contributed by atoms with Gasteiger partial charge in [-0.05, 0) is 31.4 Å². The first kappa shape index (κ1) is 21.7. The highest BCUT2D eigenvalue weighted by atomic mass is 127. The van der Waals surface area contributed by atoms with Crippen LogP contribution in [-0.2, 0) is 11.3 Å². The quantitative estimate of drug-likeness (QED) is 0.403. The fraction of sp³-hybridized carbons (Fsp3) is 0.688. The number of nitrogens with one attached hydrogen (secondary N) is 2. The van der Waals surface area contributed by atoms with Gasteiger partial charge in [-0.15, -0.1) is 35.3 Å². The van der Waals surface area contributed by atoms with E-state index in [0.29, 0.717) is 6.54 Å². The molecule has 0 aliphatic carbocycles. The minimum absolute atomic E-state index is 0. The first-order valence-electron chi connectivity index (χ1n) is 7.47. The number of nitrogens with zero attached hydrogens (tertiary/aromatic N) is 1. The summed E-state index contributed by atoms with van der Waals surface area (Å²) in [7, 11) is 1.76. The van der Waals surface area contributed by atoms with E-state index in [9.17, 15) is 0 Å². The zero-order valence-electron chi connectivity index (χ0n) is 14.5.